The van der Waals surface area contributed by atoms with Crippen LogP contribution in [0.2, 0.25) is 0 Å². The van der Waals surface area contributed by atoms with Crippen LogP contribution in [0.4, 0.5) is 0 Å². The average molecular weight is 447 g/mol. The Morgan fingerprint density at radius 3 is 2.39 bits per heavy atom. The van der Waals surface area contributed by atoms with Crippen molar-refractivity contribution >= 4 is 11.7 Å². The van der Waals surface area contributed by atoms with E-state index in [1.165, 1.54) is 4.57 Å². The second-order valence-corrected chi connectivity index (χ2v) is 7.93. The number of ketones is 1. The number of ether oxygens (including phenoxy) is 1. The van der Waals surface area contributed by atoms with Crippen LogP contribution in [0.15, 0.2) is 64.2 Å². The predicted octanol–water partition coefficient (Wildman–Crippen LogP) is 2.60. The van der Waals surface area contributed by atoms with E-state index in [9.17, 15) is 19.2 Å². The number of fused-ring (bicyclic) bond motifs is 1. The maximum absolute atomic E-state index is 12.4. The molecule has 8 nitrogen and oxygen atoms in total. The van der Waals surface area contributed by atoms with Crippen LogP contribution in [0.1, 0.15) is 40.9 Å². The number of amides is 1. The number of Topliss-reactive ketones (excluding diaryl/α,β-unsaturated/α-hetero) is 1. The van der Waals surface area contributed by atoms with E-state index in [0.717, 1.165) is 18.5 Å². The van der Waals surface area contributed by atoms with E-state index in [1.807, 2.05) is 30.3 Å². The molecule has 0 atom stereocenters. The molecule has 0 radical (unpaired) electrons. The van der Waals surface area contributed by atoms with E-state index < -0.39 is 5.69 Å². The van der Waals surface area contributed by atoms with Crippen LogP contribution < -0.4 is 21.3 Å². The van der Waals surface area contributed by atoms with Gasteiger partial charge < -0.3 is 10.1 Å². The smallest absolute Gasteiger partial charge is 0.328 e. The van der Waals surface area contributed by atoms with Crippen LogP contribution in [0.3, 0.4) is 0 Å². The number of nitrogens with one attached hydrogen (secondary N) is 2. The Balaban J connectivity index is 1.30. The number of benzene rings is 2. The van der Waals surface area contributed by atoms with Gasteiger partial charge in [-0.05, 0) is 62.1 Å². The minimum Gasteiger partial charge on any atom is -0.457 e. The Labute approximate surface area is 190 Å². The van der Waals surface area contributed by atoms with E-state index in [4.69, 9.17) is 4.74 Å². The van der Waals surface area contributed by atoms with Gasteiger partial charge in [-0.2, -0.15) is 0 Å². The Bertz CT molecular complexity index is 1260. The molecule has 1 heterocycles. The monoisotopic (exact) mass is 447 g/mol. The zero-order valence-electron chi connectivity index (χ0n) is 18.1. The Hall–Kier alpha value is -3.94. The van der Waals surface area contributed by atoms with E-state index >= 15 is 0 Å². The summed E-state index contributed by atoms with van der Waals surface area (Å²) in [5.74, 6) is 0.742. The summed E-state index contributed by atoms with van der Waals surface area (Å²) in [4.78, 5) is 51.3. The standard InChI is InChI=1S/C25H25N3O5/c29-22(17-10-12-19(13-11-17)33-18-6-2-1-3-7-18)16-26-23(30)14-15-28-21-9-5-4-8-20(21)24(31)27-25(28)32/h1-3,6-7,10-13H,4-5,8-9,14-16H2,(H,26,30)(H,27,31,32). The Morgan fingerprint density at radius 1 is 0.939 bits per heavy atom. The van der Waals surface area contributed by atoms with Crippen molar-refractivity contribution in [3.63, 3.8) is 0 Å². The maximum atomic E-state index is 12.4. The summed E-state index contributed by atoms with van der Waals surface area (Å²) in [5, 5.41) is 2.61. The second-order valence-electron chi connectivity index (χ2n) is 7.93. The molecule has 0 aliphatic heterocycles. The minimum absolute atomic E-state index is 0.0372. The number of carbonyl (C=O) groups is 2. The van der Waals surface area contributed by atoms with Gasteiger partial charge in [-0.1, -0.05) is 18.2 Å². The molecular formula is C25H25N3O5. The Morgan fingerprint density at radius 2 is 1.64 bits per heavy atom. The summed E-state index contributed by atoms with van der Waals surface area (Å²) in [6.45, 7) is 0.0137. The van der Waals surface area contributed by atoms with Crippen molar-refractivity contribution in [3.05, 3.63) is 92.3 Å². The molecule has 8 heteroatoms. The van der Waals surface area contributed by atoms with Crippen LogP contribution in [-0.2, 0) is 24.2 Å². The summed E-state index contributed by atoms with van der Waals surface area (Å²) in [7, 11) is 0. The van der Waals surface area contributed by atoms with Crippen LogP contribution in [-0.4, -0.2) is 27.8 Å². The zero-order chi connectivity index (χ0) is 23.2. The van der Waals surface area contributed by atoms with Gasteiger partial charge >= 0.3 is 5.69 Å². The highest BCUT2D eigenvalue weighted by atomic mass is 16.5. The molecule has 2 N–H and O–H groups in total. The lowest BCUT2D eigenvalue weighted by Gasteiger charge is -2.19. The number of nitrogens with zero attached hydrogens (tertiary/aromatic N) is 1. The van der Waals surface area contributed by atoms with Gasteiger partial charge in [0.15, 0.2) is 5.78 Å². The highest BCUT2D eigenvalue weighted by Gasteiger charge is 2.18. The molecule has 1 amide bonds. The normalized spacial score (nSPS) is 12.6. The molecule has 1 aliphatic carbocycles. The van der Waals surface area contributed by atoms with Crippen molar-refractivity contribution in [1.29, 1.82) is 0 Å². The number of H-pyrrole nitrogens is 1. The first-order valence-electron chi connectivity index (χ1n) is 11.0. The van der Waals surface area contributed by atoms with Crippen molar-refractivity contribution in [2.45, 2.75) is 38.6 Å². The van der Waals surface area contributed by atoms with Gasteiger partial charge in [0.05, 0.1) is 6.54 Å². The molecule has 2 aromatic carbocycles. The number of aromatic nitrogens is 2. The molecule has 3 aromatic rings. The molecule has 0 bridgehead atoms. The van der Waals surface area contributed by atoms with Gasteiger partial charge in [0.1, 0.15) is 11.5 Å². The molecule has 4 rings (SSSR count). The molecule has 1 aromatic heterocycles. The molecule has 0 fully saturated rings. The summed E-state index contributed by atoms with van der Waals surface area (Å²) < 4.78 is 7.19. The molecule has 0 unspecified atom stereocenters. The number of aromatic amines is 1. The van der Waals surface area contributed by atoms with Crippen molar-refractivity contribution in [2.75, 3.05) is 6.54 Å². The van der Waals surface area contributed by atoms with Gasteiger partial charge in [0, 0.05) is 29.8 Å². The van der Waals surface area contributed by atoms with Crippen molar-refractivity contribution in [3.8, 4) is 11.5 Å². The van der Waals surface area contributed by atoms with Crippen molar-refractivity contribution < 1.29 is 14.3 Å². The first-order chi connectivity index (χ1) is 16.0. The third-order valence-electron chi connectivity index (χ3n) is 5.67. The lowest BCUT2D eigenvalue weighted by Crippen LogP contribution is -2.38. The fraction of sp³-hybridized carbons (Fsp3) is 0.280. The average Bonchev–Trinajstić information content (AvgIpc) is 2.83. The van der Waals surface area contributed by atoms with E-state index in [2.05, 4.69) is 10.3 Å². The predicted molar refractivity (Wildman–Crippen MR) is 123 cm³/mol. The summed E-state index contributed by atoms with van der Waals surface area (Å²) in [6.07, 6.45) is 3.15. The summed E-state index contributed by atoms with van der Waals surface area (Å²) >= 11 is 0. The maximum Gasteiger partial charge on any atom is 0.328 e. The first kappa shape index (κ1) is 22.3. The van der Waals surface area contributed by atoms with E-state index in [1.54, 1.807) is 24.3 Å². The van der Waals surface area contributed by atoms with Crippen LogP contribution >= 0.6 is 0 Å². The van der Waals surface area contributed by atoms with Gasteiger partial charge in [-0.15, -0.1) is 0 Å². The molecular weight excluding hydrogens is 422 g/mol. The topological polar surface area (TPSA) is 110 Å². The summed E-state index contributed by atoms with van der Waals surface area (Å²) in [6, 6.07) is 16.0. The molecule has 0 spiro atoms. The van der Waals surface area contributed by atoms with E-state index in [-0.39, 0.29) is 36.8 Å². The zero-order valence-corrected chi connectivity index (χ0v) is 18.1. The van der Waals surface area contributed by atoms with Gasteiger partial charge in [-0.3, -0.25) is 23.9 Å². The van der Waals surface area contributed by atoms with Crippen LogP contribution in [0, 0.1) is 0 Å². The second kappa shape index (κ2) is 10.1. The molecule has 0 saturated carbocycles. The number of hydrogen-bond acceptors (Lipinski definition) is 5. The highest BCUT2D eigenvalue weighted by molar-refractivity contribution is 5.99. The van der Waals surface area contributed by atoms with E-state index in [0.29, 0.717) is 35.5 Å². The number of hydrogen-bond donors (Lipinski definition) is 2. The van der Waals surface area contributed by atoms with Gasteiger partial charge in [0.25, 0.3) is 5.56 Å². The third kappa shape index (κ3) is 5.46. The lowest BCUT2D eigenvalue weighted by molar-refractivity contribution is -0.121. The third-order valence-corrected chi connectivity index (χ3v) is 5.67. The molecule has 170 valence electrons. The number of carbonyl (C=O) groups excluding carboxylic acids is 2. The number of para-hydroxylation sites is 1. The largest absolute Gasteiger partial charge is 0.457 e. The molecule has 1 aliphatic rings. The quantitative estimate of drug-likeness (QED) is 0.516. The SMILES string of the molecule is O=C(CCn1c2c(c(=O)[nH]c1=O)CCCC2)NCC(=O)c1ccc(Oc2ccccc2)cc1. The Kier molecular flexibility index (Phi) is 6.83. The first-order valence-corrected chi connectivity index (χ1v) is 11.0. The van der Waals surface area contributed by atoms with Crippen LogP contribution in [0.5, 0.6) is 11.5 Å². The van der Waals surface area contributed by atoms with Crippen molar-refractivity contribution in [1.82, 2.24) is 14.9 Å². The fourth-order valence-electron chi connectivity index (χ4n) is 3.95. The van der Waals surface area contributed by atoms with Gasteiger partial charge in [0.2, 0.25) is 5.91 Å². The van der Waals surface area contributed by atoms with Gasteiger partial charge in [-0.25, -0.2) is 4.79 Å². The minimum atomic E-state index is -0.498. The highest BCUT2D eigenvalue weighted by Crippen LogP contribution is 2.21. The molecule has 0 saturated heterocycles. The molecule has 33 heavy (non-hydrogen) atoms. The lowest BCUT2D eigenvalue weighted by atomic mass is 9.97. The number of rotatable bonds is 8. The fourth-order valence-corrected chi connectivity index (χ4v) is 3.95. The van der Waals surface area contributed by atoms with Crippen LogP contribution in [0.25, 0.3) is 0 Å². The van der Waals surface area contributed by atoms with Crippen molar-refractivity contribution in [2.24, 2.45) is 0 Å². The summed E-state index contributed by atoms with van der Waals surface area (Å²) in [5.41, 5.74) is 0.984.